The summed E-state index contributed by atoms with van der Waals surface area (Å²) in [6.45, 7) is 7.75. The molecular formula is C20H35N5. The normalized spacial score (nSPS) is 22.9. The van der Waals surface area contributed by atoms with E-state index in [4.69, 9.17) is 5.10 Å². The van der Waals surface area contributed by atoms with Crippen molar-refractivity contribution in [3.8, 4) is 0 Å². The van der Waals surface area contributed by atoms with E-state index in [1.807, 2.05) is 7.05 Å². The van der Waals surface area contributed by atoms with Crippen molar-refractivity contribution in [3.63, 3.8) is 0 Å². The molecule has 0 aromatic carbocycles. The van der Waals surface area contributed by atoms with Gasteiger partial charge in [-0.1, -0.05) is 19.8 Å². The van der Waals surface area contributed by atoms with Gasteiger partial charge in [-0.25, -0.2) is 0 Å². The van der Waals surface area contributed by atoms with Crippen LogP contribution >= 0.6 is 0 Å². The zero-order chi connectivity index (χ0) is 17.9. The van der Waals surface area contributed by atoms with E-state index in [0.29, 0.717) is 17.5 Å². The Morgan fingerprint density at radius 1 is 1.40 bits per heavy atom. The Balaban J connectivity index is 1.55. The van der Waals surface area contributed by atoms with Crippen LogP contribution in [0, 0.1) is 5.41 Å². The Morgan fingerprint density at radius 3 is 2.80 bits per heavy atom. The van der Waals surface area contributed by atoms with Crippen molar-refractivity contribution in [2.45, 2.75) is 84.2 Å². The van der Waals surface area contributed by atoms with Gasteiger partial charge in [0, 0.05) is 38.3 Å². The number of nitrogens with zero attached hydrogens (tertiary/aromatic N) is 3. The molecule has 1 aromatic heterocycles. The van der Waals surface area contributed by atoms with Crippen molar-refractivity contribution >= 4 is 5.96 Å². The standard InChI is InChI=1S/C20H35N5/c1-5-20(10-6-7-11-20)14-22-19(21-4)23-17-9-8-16-13-25(15(2)3)24-18(16)12-17/h13,15,17H,5-12,14H2,1-4H3,(H2,21,22,23). The van der Waals surface area contributed by atoms with Crippen LogP contribution in [0.15, 0.2) is 11.2 Å². The molecule has 1 fully saturated rings. The number of aromatic nitrogens is 2. The van der Waals surface area contributed by atoms with Crippen molar-refractivity contribution < 1.29 is 0 Å². The number of aliphatic imine (C=N–C) groups is 1. The number of guanidine groups is 1. The molecule has 5 nitrogen and oxygen atoms in total. The molecule has 0 amide bonds. The van der Waals surface area contributed by atoms with Crippen LogP contribution in [0.25, 0.3) is 0 Å². The van der Waals surface area contributed by atoms with E-state index in [2.05, 4.69) is 47.3 Å². The summed E-state index contributed by atoms with van der Waals surface area (Å²) in [4.78, 5) is 4.47. The monoisotopic (exact) mass is 345 g/mol. The summed E-state index contributed by atoms with van der Waals surface area (Å²) in [6, 6.07) is 0.860. The number of rotatable bonds is 5. The SMILES string of the molecule is CCC1(CNC(=NC)NC2CCc3cn(C(C)C)nc3C2)CCCC1. The zero-order valence-corrected chi connectivity index (χ0v) is 16.4. The number of hydrogen-bond acceptors (Lipinski definition) is 2. The predicted molar refractivity (Wildman–Crippen MR) is 104 cm³/mol. The fourth-order valence-electron chi connectivity index (χ4n) is 4.34. The topological polar surface area (TPSA) is 54.2 Å². The van der Waals surface area contributed by atoms with Crippen LogP contribution in [0.5, 0.6) is 0 Å². The maximum absolute atomic E-state index is 4.78. The average Bonchev–Trinajstić information content (AvgIpc) is 3.25. The van der Waals surface area contributed by atoms with E-state index in [-0.39, 0.29) is 0 Å². The summed E-state index contributed by atoms with van der Waals surface area (Å²) in [6.07, 6.45) is 12.2. The van der Waals surface area contributed by atoms with Gasteiger partial charge in [-0.05, 0) is 56.9 Å². The highest BCUT2D eigenvalue weighted by atomic mass is 15.3. The molecular weight excluding hydrogens is 310 g/mol. The molecule has 0 bridgehead atoms. The first-order valence-electron chi connectivity index (χ1n) is 10.1. The number of nitrogens with one attached hydrogen (secondary N) is 2. The molecule has 0 radical (unpaired) electrons. The highest BCUT2D eigenvalue weighted by molar-refractivity contribution is 5.80. The molecule has 0 aliphatic heterocycles. The zero-order valence-electron chi connectivity index (χ0n) is 16.4. The largest absolute Gasteiger partial charge is 0.356 e. The van der Waals surface area contributed by atoms with Gasteiger partial charge >= 0.3 is 0 Å². The first-order chi connectivity index (χ1) is 12.0. The molecule has 0 saturated heterocycles. The maximum atomic E-state index is 4.78. The highest BCUT2D eigenvalue weighted by Gasteiger charge is 2.32. The van der Waals surface area contributed by atoms with Gasteiger partial charge in [0.2, 0.25) is 0 Å². The van der Waals surface area contributed by atoms with Gasteiger partial charge in [0.25, 0.3) is 0 Å². The van der Waals surface area contributed by atoms with Gasteiger partial charge in [-0.2, -0.15) is 5.10 Å². The Hall–Kier alpha value is -1.52. The van der Waals surface area contributed by atoms with Crippen molar-refractivity contribution in [1.82, 2.24) is 20.4 Å². The molecule has 1 saturated carbocycles. The van der Waals surface area contributed by atoms with Gasteiger partial charge in [0.05, 0.1) is 5.69 Å². The number of fused-ring (bicyclic) bond motifs is 1. The maximum Gasteiger partial charge on any atom is 0.191 e. The van der Waals surface area contributed by atoms with E-state index < -0.39 is 0 Å². The second-order valence-electron chi connectivity index (χ2n) is 8.25. The number of hydrogen-bond donors (Lipinski definition) is 2. The minimum atomic E-state index is 0.426. The van der Waals surface area contributed by atoms with E-state index in [1.165, 1.54) is 43.4 Å². The minimum absolute atomic E-state index is 0.426. The lowest BCUT2D eigenvalue weighted by Gasteiger charge is -2.30. The lowest BCUT2D eigenvalue weighted by molar-refractivity contribution is 0.283. The van der Waals surface area contributed by atoms with Crippen LogP contribution in [0.4, 0.5) is 0 Å². The van der Waals surface area contributed by atoms with Crippen LogP contribution < -0.4 is 10.6 Å². The lowest BCUT2D eigenvalue weighted by atomic mass is 9.83. The first-order valence-corrected chi connectivity index (χ1v) is 10.1. The van der Waals surface area contributed by atoms with Gasteiger partial charge in [0.15, 0.2) is 5.96 Å². The predicted octanol–water partition coefficient (Wildman–Crippen LogP) is 3.46. The molecule has 5 heteroatoms. The van der Waals surface area contributed by atoms with E-state index >= 15 is 0 Å². The lowest BCUT2D eigenvalue weighted by Crippen LogP contribution is -2.48. The fraction of sp³-hybridized carbons (Fsp3) is 0.800. The number of aryl methyl sites for hydroxylation is 1. The van der Waals surface area contributed by atoms with E-state index in [9.17, 15) is 0 Å². The Bertz CT molecular complexity index is 595. The van der Waals surface area contributed by atoms with E-state index in [1.54, 1.807) is 0 Å². The van der Waals surface area contributed by atoms with Crippen molar-refractivity contribution in [1.29, 1.82) is 0 Å². The van der Waals surface area contributed by atoms with Crippen molar-refractivity contribution in [2.75, 3.05) is 13.6 Å². The second kappa shape index (κ2) is 7.79. The van der Waals surface area contributed by atoms with E-state index in [0.717, 1.165) is 31.8 Å². The van der Waals surface area contributed by atoms with Gasteiger partial charge < -0.3 is 10.6 Å². The van der Waals surface area contributed by atoms with Crippen molar-refractivity contribution in [2.24, 2.45) is 10.4 Å². The molecule has 2 aliphatic rings. The van der Waals surface area contributed by atoms with Crippen LogP contribution in [-0.2, 0) is 12.8 Å². The van der Waals surface area contributed by atoms with Crippen LogP contribution in [-0.4, -0.2) is 35.4 Å². The second-order valence-corrected chi connectivity index (χ2v) is 8.25. The third-order valence-electron chi connectivity index (χ3n) is 6.24. The molecule has 0 spiro atoms. The summed E-state index contributed by atoms with van der Waals surface area (Å²) in [5, 5.41) is 12.0. The van der Waals surface area contributed by atoms with Gasteiger partial charge in [0.1, 0.15) is 0 Å². The fourth-order valence-corrected chi connectivity index (χ4v) is 4.34. The minimum Gasteiger partial charge on any atom is -0.356 e. The summed E-state index contributed by atoms with van der Waals surface area (Å²) in [7, 11) is 1.88. The van der Waals surface area contributed by atoms with Crippen LogP contribution in [0.3, 0.4) is 0 Å². The quantitative estimate of drug-likeness (QED) is 0.635. The third-order valence-corrected chi connectivity index (χ3v) is 6.24. The van der Waals surface area contributed by atoms with Crippen LogP contribution in [0.1, 0.15) is 76.6 Å². The van der Waals surface area contributed by atoms with Crippen molar-refractivity contribution in [3.05, 3.63) is 17.5 Å². The molecule has 1 aromatic rings. The first kappa shape index (κ1) is 18.3. The van der Waals surface area contributed by atoms with Gasteiger partial charge in [-0.3, -0.25) is 9.67 Å². The molecule has 3 rings (SSSR count). The smallest absolute Gasteiger partial charge is 0.191 e. The molecule has 2 N–H and O–H groups in total. The molecule has 140 valence electrons. The molecule has 25 heavy (non-hydrogen) atoms. The van der Waals surface area contributed by atoms with Gasteiger partial charge in [-0.15, -0.1) is 0 Å². The summed E-state index contributed by atoms with van der Waals surface area (Å²) < 4.78 is 2.10. The summed E-state index contributed by atoms with van der Waals surface area (Å²) in [5.74, 6) is 0.955. The molecule has 2 aliphatic carbocycles. The third kappa shape index (κ3) is 4.18. The average molecular weight is 346 g/mol. The molecule has 1 atom stereocenters. The highest BCUT2D eigenvalue weighted by Crippen LogP contribution is 2.40. The Labute approximate surface area is 152 Å². The molecule has 1 heterocycles. The summed E-state index contributed by atoms with van der Waals surface area (Å²) in [5.41, 5.74) is 3.16. The Kier molecular flexibility index (Phi) is 5.70. The van der Waals surface area contributed by atoms with Crippen LogP contribution in [0.2, 0.25) is 0 Å². The molecule has 1 unspecified atom stereocenters. The summed E-state index contributed by atoms with van der Waals surface area (Å²) >= 11 is 0. The Morgan fingerprint density at radius 2 is 2.16 bits per heavy atom.